The summed E-state index contributed by atoms with van der Waals surface area (Å²) in [5, 5.41) is 3.28. The van der Waals surface area contributed by atoms with Crippen LogP contribution in [0.4, 0.5) is 5.69 Å². The summed E-state index contributed by atoms with van der Waals surface area (Å²) in [6.07, 6.45) is 2.83. The van der Waals surface area contributed by atoms with E-state index < -0.39 is 0 Å². The number of nitrogens with one attached hydrogen (secondary N) is 2. The molecule has 1 aromatic carbocycles. The molecule has 0 aliphatic carbocycles. The van der Waals surface area contributed by atoms with Gasteiger partial charge in [0, 0.05) is 17.4 Å². The molecule has 5 nitrogen and oxygen atoms in total. The highest BCUT2D eigenvalue weighted by atomic mass is 32.2. The number of para-hydroxylation sites is 1. The second-order valence-electron chi connectivity index (χ2n) is 4.85. The zero-order valence-electron chi connectivity index (χ0n) is 12.5. The van der Waals surface area contributed by atoms with Gasteiger partial charge in [-0.2, -0.15) is 0 Å². The molecule has 0 radical (unpaired) electrons. The van der Waals surface area contributed by atoms with Crippen molar-refractivity contribution in [3.05, 3.63) is 52.4 Å². The molecule has 0 saturated heterocycles. The highest BCUT2D eigenvalue weighted by Gasteiger charge is 2.07. The maximum absolute atomic E-state index is 11.9. The Morgan fingerprint density at radius 1 is 1.32 bits per heavy atom. The first kappa shape index (κ1) is 16.3. The third-order valence-electron chi connectivity index (χ3n) is 2.96. The van der Waals surface area contributed by atoms with Crippen molar-refractivity contribution in [3.63, 3.8) is 0 Å². The van der Waals surface area contributed by atoms with E-state index in [1.807, 2.05) is 30.3 Å². The number of benzene rings is 1. The van der Waals surface area contributed by atoms with Gasteiger partial charge >= 0.3 is 0 Å². The van der Waals surface area contributed by atoms with Crippen LogP contribution in [0.1, 0.15) is 25.5 Å². The topological polar surface area (TPSA) is 74.8 Å². The third-order valence-corrected chi connectivity index (χ3v) is 3.83. The van der Waals surface area contributed by atoms with E-state index in [1.54, 1.807) is 0 Å². The first-order valence-corrected chi connectivity index (χ1v) is 8.24. The van der Waals surface area contributed by atoms with Gasteiger partial charge in [0.15, 0.2) is 5.16 Å². The minimum absolute atomic E-state index is 0.127. The van der Waals surface area contributed by atoms with Crippen LogP contribution in [0.2, 0.25) is 0 Å². The number of aromatic amines is 1. The van der Waals surface area contributed by atoms with Crippen molar-refractivity contribution >= 4 is 23.4 Å². The average molecular weight is 317 g/mol. The molecule has 2 N–H and O–H groups in total. The Labute approximate surface area is 133 Å². The van der Waals surface area contributed by atoms with Gasteiger partial charge < -0.3 is 10.3 Å². The predicted octanol–water partition coefficient (Wildman–Crippen LogP) is 2.84. The summed E-state index contributed by atoms with van der Waals surface area (Å²) < 4.78 is 0. The summed E-state index contributed by atoms with van der Waals surface area (Å²) in [4.78, 5) is 30.5. The largest absolute Gasteiger partial charge is 0.325 e. The number of aromatic nitrogens is 2. The predicted molar refractivity (Wildman–Crippen MR) is 89.3 cm³/mol. The van der Waals surface area contributed by atoms with Crippen LogP contribution < -0.4 is 10.9 Å². The van der Waals surface area contributed by atoms with Crippen molar-refractivity contribution in [1.29, 1.82) is 0 Å². The molecule has 0 saturated carbocycles. The van der Waals surface area contributed by atoms with Crippen LogP contribution >= 0.6 is 11.8 Å². The molecule has 1 heterocycles. The summed E-state index contributed by atoms with van der Waals surface area (Å²) in [6, 6.07) is 10.8. The quantitative estimate of drug-likeness (QED) is 0.608. The number of anilines is 1. The van der Waals surface area contributed by atoms with E-state index in [2.05, 4.69) is 22.2 Å². The van der Waals surface area contributed by atoms with E-state index in [0.717, 1.165) is 30.6 Å². The van der Waals surface area contributed by atoms with Gasteiger partial charge in [-0.3, -0.25) is 9.59 Å². The van der Waals surface area contributed by atoms with Crippen LogP contribution in [-0.4, -0.2) is 21.6 Å². The molecule has 0 bridgehead atoms. The number of H-pyrrole nitrogens is 1. The molecule has 2 aromatic rings. The van der Waals surface area contributed by atoms with Gasteiger partial charge in [-0.15, -0.1) is 0 Å². The molecule has 1 aromatic heterocycles. The van der Waals surface area contributed by atoms with Crippen molar-refractivity contribution in [2.24, 2.45) is 0 Å². The molecule has 0 unspecified atom stereocenters. The molecule has 0 atom stereocenters. The number of carbonyl (C=O) groups is 1. The van der Waals surface area contributed by atoms with E-state index >= 15 is 0 Å². The van der Waals surface area contributed by atoms with Crippen molar-refractivity contribution in [2.45, 2.75) is 31.3 Å². The summed E-state index contributed by atoms with van der Waals surface area (Å²) in [5.41, 5.74) is 1.36. The fourth-order valence-corrected chi connectivity index (χ4v) is 2.58. The molecule has 22 heavy (non-hydrogen) atoms. The number of amides is 1. The highest BCUT2D eigenvalue weighted by molar-refractivity contribution is 7.99. The lowest BCUT2D eigenvalue weighted by Gasteiger charge is -2.05. The van der Waals surface area contributed by atoms with Crippen molar-refractivity contribution in [2.75, 3.05) is 11.1 Å². The lowest BCUT2D eigenvalue weighted by Crippen LogP contribution is -2.15. The summed E-state index contributed by atoms with van der Waals surface area (Å²) >= 11 is 1.23. The third kappa shape index (κ3) is 5.37. The maximum Gasteiger partial charge on any atom is 0.251 e. The van der Waals surface area contributed by atoms with Crippen LogP contribution in [0.3, 0.4) is 0 Å². The first-order chi connectivity index (χ1) is 10.7. The average Bonchev–Trinajstić information content (AvgIpc) is 2.51. The Hall–Kier alpha value is -2.08. The van der Waals surface area contributed by atoms with Gasteiger partial charge in [0.2, 0.25) is 5.91 Å². The standard InChI is InChI=1S/C16H19N3O2S/c1-2-3-7-13-10-14(20)19-16(18-13)22-11-15(21)17-12-8-5-4-6-9-12/h4-6,8-10H,2-3,7,11H2,1H3,(H,17,21)(H,18,19,20). The van der Waals surface area contributed by atoms with Crippen LogP contribution in [0.25, 0.3) is 0 Å². The SMILES string of the molecule is CCCCc1cc(=O)[nH]c(SCC(=O)Nc2ccccc2)n1. The van der Waals surface area contributed by atoms with E-state index in [9.17, 15) is 9.59 Å². The molecule has 1 amide bonds. The van der Waals surface area contributed by atoms with E-state index in [-0.39, 0.29) is 17.2 Å². The Kier molecular flexibility index (Phi) is 6.21. The smallest absolute Gasteiger partial charge is 0.251 e. The number of carbonyl (C=O) groups excluding carboxylic acids is 1. The number of unbranched alkanes of at least 4 members (excludes halogenated alkanes) is 1. The summed E-state index contributed by atoms with van der Waals surface area (Å²) in [6.45, 7) is 2.09. The Bertz CT molecular complexity index is 671. The maximum atomic E-state index is 11.9. The lowest BCUT2D eigenvalue weighted by atomic mass is 10.2. The van der Waals surface area contributed by atoms with Crippen LogP contribution in [0.5, 0.6) is 0 Å². The Balaban J connectivity index is 1.92. The molecular weight excluding hydrogens is 298 g/mol. The number of hydrogen-bond acceptors (Lipinski definition) is 4. The fraction of sp³-hybridized carbons (Fsp3) is 0.312. The highest BCUT2D eigenvalue weighted by Crippen LogP contribution is 2.13. The van der Waals surface area contributed by atoms with Gasteiger partial charge in [0.1, 0.15) is 0 Å². The molecule has 116 valence electrons. The second kappa shape index (κ2) is 8.38. The van der Waals surface area contributed by atoms with Gasteiger partial charge in [0.25, 0.3) is 5.56 Å². The zero-order chi connectivity index (χ0) is 15.8. The summed E-state index contributed by atoms with van der Waals surface area (Å²) in [7, 11) is 0. The van der Waals surface area contributed by atoms with E-state index in [4.69, 9.17) is 0 Å². The van der Waals surface area contributed by atoms with Gasteiger partial charge in [0.05, 0.1) is 5.75 Å². The monoisotopic (exact) mass is 317 g/mol. The molecule has 6 heteroatoms. The van der Waals surface area contributed by atoms with Crippen molar-refractivity contribution in [3.8, 4) is 0 Å². The first-order valence-electron chi connectivity index (χ1n) is 7.25. The second-order valence-corrected chi connectivity index (χ2v) is 5.81. The van der Waals surface area contributed by atoms with Crippen molar-refractivity contribution in [1.82, 2.24) is 9.97 Å². The van der Waals surface area contributed by atoms with Gasteiger partial charge in [-0.1, -0.05) is 43.3 Å². The fourth-order valence-electron chi connectivity index (χ4n) is 1.89. The number of hydrogen-bond donors (Lipinski definition) is 2. The number of nitrogens with zero attached hydrogens (tertiary/aromatic N) is 1. The molecule has 2 rings (SSSR count). The minimum atomic E-state index is -0.174. The molecule has 0 aliphatic rings. The molecule has 0 spiro atoms. The van der Waals surface area contributed by atoms with Crippen LogP contribution in [0.15, 0.2) is 46.3 Å². The van der Waals surface area contributed by atoms with Gasteiger partial charge in [-0.25, -0.2) is 4.98 Å². The number of thioether (sulfide) groups is 1. The van der Waals surface area contributed by atoms with Gasteiger partial charge in [-0.05, 0) is 25.0 Å². The lowest BCUT2D eigenvalue weighted by molar-refractivity contribution is -0.113. The molecular formula is C16H19N3O2S. The number of aryl methyl sites for hydroxylation is 1. The Morgan fingerprint density at radius 2 is 2.09 bits per heavy atom. The normalized spacial score (nSPS) is 10.4. The van der Waals surface area contributed by atoms with E-state index in [1.165, 1.54) is 17.8 Å². The molecule has 0 fully saturated rings. The minimum Gasteiger partial charge on any atom is -0.325 e. The summed E-state index contributed by atoms with van der Waals surface area (Å²) in [5.74, 6) is 0.0764. The van der Waals surface area contributed by atoms with E-state index in [0.29, 0.717) is 5.16 Å². The van der Waals surface area contributed by atoms with Crippen molar-refractivity contribution < 1.29 is 4.79 Å². The Morgan fingerprint density at radius 3 is 2.82 bits per heavy atom. The zero-order valence-corrected chi connectivity index (χ0v) is 13.3. The van der Waals surface area contributed by atoms with Crippen LogP contribution in [-0.2, 0) is 11.2 Å². The molecule has 0 aliphatic heterocycles. The van der Waals surface area contributed by atoms with Crippen LogP contribution in [0, 0.1) is 0 Å². The number of rotatable bonds is 7.